The number of rotatable bonds is 3. The average Bonchev–Trinajstić information content (AvgIpc) is 2.92. The Morgan fingerprint density at radius 2 is 2.36 bits per heavy atom. The van der Waals surface area contributed by atoms with Crippen LogP contribution in [0.3, 0.4) is 0 Å². The zero-order valence-electron chi connectivity index (χ0n) is 11.7. The van der Waals surface area contributed by atoms with E-state index in [0.717, 1.165) is 11.1 Å². The summed E-state index contributed by atoms with van der Waals surface area (Å²) < 4.78 is 4.49. The van der Waals surface area contributed by atoms with Crippen LogP contribution in [0.2, 0.25) is 0 Å². The zero-order chi connectivity index (χ0) is 15.5. The molecule has 0 fully saturated rings. The van der Waals surface area contributed by atoms with Crippen molar-refractivity contribution in [1.29, 1.82) is 0 Å². The quantitative estimate of drug-likeness (QED) is 0.677. The van der Waals surface area contributed by atoms with Gasteiger partial charge >= 0.3 is 6.09 Å². The van der Waals surface area contributed by atoms with E-state index >= 15 is 0 Å². The van der Waals surface area contributed by atoms with Crippen LogP contribution in [0.25, 0.3) is 11.0 Å². The van der Waals surface area contributed by atoms with Crippen LogP contribution in [0.4, 0.5) is 10.7 Å². The minimum Gasteiger partial charge on any atom is -0.453 e. The van der Waals surface area contributed by atoms with E-state index in [2.05, 4.69) is 30.0 Å². The molecule has 0 aliphatic rings. The largest absolute Gasteiger partial charge is 0.453 e. The van der Waals surface area contributed by atoms with Crippen LogP contribution in [0.5, 0.6) is 0 Å². The number of H-pyrrole nitrogens is 2. The number of aromatic amines is 2. The predicted molar refractivity (Wildman–Crippen MR) is 79.8 cm³/mol. The monoisotopic (exact) mass is 301 g/mol. The summed E-state index contributed by atoms with van der Waals surface area (Å²) in [7, 11) is 1.23. The van der Waals surface area contributed by atoms with Gasteiger partial charge in [0.15, 0.2) is 0 Å². The predicted octanol–water partition coefficient (Wildman–Crippen LogP) is 1.42. The minimum absolute atomic E-state index is 0.0383. The summed E-state index contributed by atoms with van der Waals surface area (Å²) >= 11 is 0. The van der Waals surface area contributed by atoms with E-state index < -0.39 is 6.09 Å². The Morgan fingerprint density at radius 1 is 1.50 bits per heavy atom. The van der Waals surface area contributed by atoms with Crippen molar-refractivity contribution in [1.82, 2.24) is 19.9 Å². The highest BCUT2D eigenvalue weighted by Crippen LogP contribution is 2.17. The number of aromatic nitrogens is 4. The molecule has 0 spiro atoms. The smallest absolute Gasteiger partial charge is 0.413 e. The lowest BCUT2D eigenvalue weighted by molar-refractivity contribution is 0.186. The van der Waals surface area contributed by atoms with Crippen molar-refractivity contribution in [2.45, 2.75) is 6.42 Å². The molecule has 22 heavy (non-hydrogen) atoms. The second-order valence-electron chi connectivity index (χ2n) is 4.61. The molecule has 3 N–H and O–H groups in total. The van der Waals surface area contributed by atoms with Gasteiger partial charge in [0, 0.05) is 30.6 Å². The Labute approximate surface area is 124 Å². The van der Waals surface area contributed by atoms with Gasteiger partial charge in [-0.15, -0.1) is 0 Å². The van der Waals surface area contributed by atoms with Crippen LogP contribution in [0.1, 0.15) is 11.1 Å². The van der Waals surface area contributed by atoms with Gasteiger partial charge in [-0.2, -0.15) is 0 Å². The fourth-order valence-electron chi connectivity index (χ4n) is 2.13. The minimum atomic E-state index is -0.702. The normalized spacial score (nSPS) is 10.6. The van der Waals surface area contributed by atoms with Gasteiger partial charge in [-0.1, -0.05) is 6.07 Å². The van der Waals surface area contributed by atoms with Gasteiger partial charge < -0.3 is 9.72 Å². The zero-order valence-corrected chi connectivity index (χ0v) is 11.7. The fourth-order valence-corrected chi connectivity index (χ4v) is 2.13. The van der Waals surface area contributed by atoms with Gasteiger partial charge in [-0.25, -0.2) is 9.78 Å². The van der Waals surface area contributed by atoms with E-state index in [1.807, 2.05) is 12.1 Å². The van der Waals surface area contributed by atoms with E-state index in [1.165, 1.54) is 7.11 Å². The first-order valence-electron chi connectivity index (χ1n) is 6.51. The van der Waals surface area contributed by atoms with Crippen LogP contribution >= 0.6 is 0 Å². The summed E-state index contributed by atoms with van der Waals surface area (Å²) in [6, 6.07) is 3.78. The van der Waals surface area contributed by atoms with Crippen molar-refractivity contribution in [3.05, 3.63) is 52.2 Å². The molecule has 0 unspecified atom stereocenters. The summed E-state index contributed by atoms with van der Waals surface area (Å²) in [5, 5.41) is 2.35. The third-order valence-electron chi connectivity index (χ3n) is 3.14. The topological polar surface area (TPSA) is 113 Å². The molecule has 112 valence electrons. The first kappa shape index (κ1) is 13.8. The lowest BCUT2D eigenvalue weighted by Crippen LogP contribution is -2.18. The molecule has 0 radical (unpaired) electrons. The molecular formula is C14H13N5O3. The Bertz CT molecular complexity index is 869. The molecule has 1 amide bonds. The molecule has 0 saturated heterocycles. The highest BCUT2D eigenvalue weighted by molar-refractivity contribution is 5.85. The lowest BCUT2D eigenvalue weighted by atomic mass is 10.1. The third-order valence-corrected chi connectivity index (χ3v) is 3.14. The number of amides is 1. The maximum atomic E-state index is 12.0. The van der Waals surface area contributed by atoms with Gasteiger partial charge in [-0.3, -0.25) is 20.1 Å². The van der Waals surface area contributed by atoms with E-state index in [9.17, 15) is 9.59 Å². The summed E-state index contributed by atoms with van der Waals surface area (Å²) in [5.41, 5.74) is 2.32. The molecule has 8 nitrogen and oxygen atoms in total. The summed E-state index contributed by atoms with van der Waals surface area (Å²) in [4.78, 5) is 36.9. The number of hydrogen-bond donors (Lipinski definition) is 3. The molecule has 8 heteroatoms. The summed E-state index contributed by atoms with van der Waals surface area (Å²) in [6.45, 7) is 0. The van der Waals surface area contributed by atoms with E-state index in [1.54, 1.807) is 18.6 Å². The highest BCUT2D eigenvalue weighted by atomic mass is 16.5. The van der Waals surface area contributed by atoms with Gasteiger partial charge in [0.2, 0.25) is 5.95 Å². The van der Waals surface area contributed by atoms with Crippen molar-refractivity contribution in [2.24, 2.45) is 0 Å². The Balaban J connectivity index is 2.01. The van der Waals surface area contributed by atoms with E-state index in [4.69, 9.17) is 0 Å². The highest BCUT2D eigenvalue weighted by Gasteiger charge is 2.12. The maximum absolute atomic E-state index is 12.0. The van der Waals surface area contributed by atoms with Crippen LogP contribution in [-0.4, -0.2) is 33.1 Å². The summed E-state index contributed by atoms with van der Waals surface area (Å²) in [5.74, 6) is 0.0383. The number of nitrogens with zero attached hydrogens (tertiary/aromatic N) is 2. The third kappa shape index (κ3) is 2.66. The first-order valence-corrected chi connectivity index (χ1v) is 6.51. The number of pyridine rings is 1. The SMILES string of the molecule is COC(=O)N[14c]1nc2c(Cc3cccnc3)c[nH]c2c(=O)[nH]1. The number of carbonyl (C=O) groups is 1. The molecule has 0 aromatic carbocycles. The summed E-state index contributed by atoms with van der Waals surface area (Å²) in [6.07, 6.45) is 5.04. The molecule has 0 aliphatic heterocycles. The number of ether oxygens (including phenoxy) is 1. The first-order chi connectivity index (χ1) is 10.7. The van der Waals surface area contributed by atoms with Crippen LogP contribution < -0.4 is 10.9 Å². The Hall–Kier alpha value is -3.16. The van der Waals surface area contributed by atoms with E-state index in [-0.39, 0.29) is 11.5 Å². The second-order valence-corrected chi connectivity index (χ2v) is 4.61. The standard InChI is InChI=1S/C14H13N5O3/c1-22-14(21)19-13-17-10-9(5-8-3-2-4-15-6-8)7-16-11(10)12(20)18-13/h2-4,6-7,16H,5H2,1H3,(H2,17,18,19,20,21)/i13+2. The van der Waals surface area contributed by atoms with Crippen molar-refractivity contribution < 1.29 is 9.53 Å². The van der Waals surface area contributed by atoms with Crippen LogP contribution in [0.15, 0.2) is 35.5 Å². The molecule has 3 aromatic heterocycles. The van der Waals surface area contributed by atoms with Crippen molar-refractivity contribution >= 4 is 23.1 Å². The van der Waals surface area contributed by atoms with Gasteiger partial charge in [-0.05, 0) is 11.6 Å². The van der Waals surface area contributed by atoms with Gasteiger partial charge in [0.25, 0.3) is 5.56 Å². The van der Waals surface area contributed by atoms with Crippen molar-refractivity contribution in [3.8, 4) is 0 Å². The number of fused-ring (bicyclic) bond motifs is 1. The molecule has 0 bridgehead atoms. The second kappa shape index (κ2) is 5.68. The Morgan fingerprint density at radius 3 is 3.09 bits per heavy atom. The average molecular weight is 301 g/mol. The lowest BCUT2D eigenvalue weighted by Gasteiger charge is -2.03. The van der Waals surface area contributed by atoms with Crippen LogP contribution in [0, 0.1) is 0 Å². The molecule has 0 atom stereocenters. The fraction of sp³-hybridized carbons (Fsp3) is 0.143. The molecule has 0 saturated carbocycles. The molecular weight excluding hydrogens is 288 g/mol. The number of carbonyl (C=O) groups excluding carboxylic acids is 1. The van der Waals surface area contributed by atoms with Gasteiger partial charge in [0.05, 0.1) is 7.11 Å². The number of nitrogens with one attached hydrogen (secondary N) is 3. The molecule has 0 aliphatic carbocycles. The Kier molecular flexibility index (Phi) is 3.57. The molecule has 3 heterocycles. The molecule has 3 rings (SSSR count). The maximum Gasteiger partial charge on any atom is 0.413 e. The number of anilines is 1. The van der Waals surface area contributed by atoms with Crippen molar-refractivity contribution in [2.75, 3.05) is 12.4 Å². The number of hydrogen-bond acceptors (Lipinski definition) is 5. The van der Waals surface area contributed by atoms with E-state index in [0.29, 0.717) is 17.5 Å². The van der Waals surface area contributed by atoms with Gasteiger partial charge in [0.1, 0.15) is 11.0 Å². The van der Waals surface area contributed by atoms with Crippen LogP contribution in [-0.2, 0) is 11.2 Å². The number of methoxy groups -OCH3 is 1. The van der Waals surface area contributed by atoms with Crippen molar-refractivity contribution in [3.63, 3.8) is 0 Å². The molecule has 3 aromatic rings.